The van der Waals surface area contributed by atoms with Gasteiger partial charge in [-0.2, -0.15) is 0 Å². The van der Waals surface area contributed by atoms with Crippen LogP contribution >= 0.6 is 0 Å². The van der Waals surface area contributed by atoms with E-state index in [-0.39, 0.29) is 0 Å². The Balaban J connectivity index is 2.79. The van der Waals surface area contributed by atoms with Crippen molar-refractivity contribution >= 4 is 5.97 Å². The molecule has 0 radical (unpaired) electrons. The van der Waals surface area contributed by atoms with Crippen molar-refractivity contribution in [1.29, 1.82) is 0 Å². The molecule has 1 rings (SSSR count). The molecule has 82 valence electrons. The summed E-state index contributed by atoms with van der Waals surface area (Å²) in [5.74, 6) is -0.984. The van der Waals surface area contributed by atoms with E-state index in [9.17, 15) is 4.79 Å². The molecule has 0 saturated carbocycles. The van der Waals surface area contributed by atoms with Gasteiger partial charge in [0.25, 0.3) is 0 Å². The van der Waals surface area contributed by atoms with Crippen LogP contribution in [0.25, 0.3) is 0 Å². The third-order valence-corrected chi connectivity index (χ3v) is 2.18. The van der Waals surface area contributed by atoms with Gasteiger partial charge in [-0.25, -0.2) is 0 Å². The molecule has 4 heteroatoms. The molecule has 1 aromatic carbocycles. The van der Waals surface area contributed by atoms with Crippen molar-refractivity contribution in [3.63, 3.8) is 0 Å². The molecule has 3 N–H and O–H groups in total. The Bertz CT molecular complexity index is 338. The molecule has 15 heavy (non-hydrogen) atoms. The van der Waals surface area contributed by atoms with E-state index < -0.39 is 12.0 Å². The van der Waals surface area contributed by atoms with Crippen LogP contribution in [0.2, 0.25) is 0 Å². The summed E-state index contributed by atoms with van der Waals surface area (Å²) in [4.78, 5) is 10.6. The highest BCUT2D eigenvalue weighted by Crippen LogP contribution is 2.11. The van der Waals surface area contributed by atoms with E-state index in [1.54, 1.807) is 7.11 Å². The molecule has 0 heterocycles. The summed E-state index contributed by atoms with van der Waals surface area (Å²) in [6, 6.07) is 6.68. The number of carbonyl (C=O) groups is 1. The minimum atomic E-state index is -0.984. The van der Waals surface area contributed by atoms with E-state index in [4.69, 9.17) is 15.6 Å². The monoisotopic (exact) mass is 209 g/mol. The topological polar surface area (TPSA) is 72.5 Å². The van der Waals surface area contributed by atoms with Gasteiger partial charge in [-0.15, -0.1) is 0 Å². The Hall–Kier alpha value is -1.39. The maximum atomic E-state index is 10.6. The largest absolute Gasteiger partial charge is 0.480 e. The number of methoxy groups -OCH3 is 1. The van der Waals surface area contributed by atoms with Crippen LogP contribution in [0.5, 0.6) is 0 Å². The lowest BCUT2D eigenvalue weighted by Crippen LogP contribution is -2.32. The van der Waals surface area contributed by atoms with Gasteiger partial charge in [0.15, 0.2) is 0 Å². The second kappa shape index (κ2) is 5.48. The average Bonchev–Trinajstić information content (AvgIpc) is 2.21. The summed E-state index contributed by atoms with van der Waals surface area (Å²) in [7, 11) is 1.61. The van der Waals surface area contributed by atoms with Crippen LogP contribution < -0.4 is 5.73 Å². The van der Waals surface area contributed by atoms with Crippen LogP contribution in [0.15, 0.2) is 24.3 Å². The molecule has 0 bridgehead atoms. The minimum Gasteiger partial charge on any atom is -0.480 e. The molecule has 1 atom stereocenters. The first-order valence-electron chi connectivity index (χ1n) is 4.69. The molecule has 0 saturated heterocycles. The Morgan fingerprint density at radius 2 is 2.07 bits per heavy atom. The van der Waals surface area contributed by atoms with Crippen molar-refractivity contribution in [2.45, 2.75) is 19.1 Å². The van der Waals surface area contributed by atoms with Gasteiger partial charge in [-0.1, -0.05) is 24.3 Å². The van der Waals surface area contributed by atoms with E-state index in [1.165, 1.54) is 0 Å². The molecule has 4 nitrogen and oxygen atoms in total. The van der Waals surface area contributed by atoms with Crippen molar-refractivity contribution in [2.75, 3.05) is 7.11 Å². The van der Waals surface area contributed by atoms with E-state index in [1.807, 2.05) is 24.3 Å². The summed E-state index contributed by atoms with van der Waals surface area (Å²) in [5.41, 5.74) is 7.38. The predicted molar refractivity (Wildman–Crippen MR) is 56.5 cm³/mol. The van der Waals surface area contributed by atoms with E-state index in [0.717, 1.165) is 11.1 Å². The molecule has 0 aliphatic carbocycles. The smallest absolute Gasteiger partial charge is 0.320 e. The molecule has 1 aromatic rings. The second-order valence-corrected chi connectivity index (χ2v) is 3.35. The number of nitrogens with two attached hydrogens (primary N) is 1. The molecular formula is C11H15NO3. The molecule has 0 aromatic heterocycles. The zero-order valence-electron chi connectivity index (χ0n) is 8.64. The number of ether oxygens (including phenoxy) is 1. The third-order valence-electron chi connectivity index (χ3n) is 2.18. The summed E-state index contributed by atoms with van der Waals surface area (Å²) in [6.07, 6.45) is 0.328. The van der Waals surface area contributed by atoms with E-state index >= 15 is 0 Å². The normalized spacial score (nSPS) is 12.4. The number of carboxylic acids is 1. The van der Waals surface area contributed by atoms with Gasteiger partial charge in [0.05, 0.1) is 6.61 Å². The lowest BCUT2D eigenvalue weighted by atomic mass is 10.0. The fraction of sp³-hybridized carbons (Fsp3) is 0.364. The van der Waals surface area contributed by atoms with Crippen LogP contribution in [0, 0.1) is 0 Å². The third kappa shape index (κ3) is 3.34. The molecular weight excluding hydrogens is 194 g/mol. The number of carboxylic acid groups (broad SMARTS) is 1. The number of rotatable bonds is 5. The van der Waals surface area contributed by atoms with Crippen LogP contribution in [0.4, 0.5) is 0 Å². The van der Waals surface area contributed by atoms with Gasteiger partial charge in [0.2, 0.25) is 0 Å². The highest BCUT2D eigenvalue weighted by Gasteiger charge is 2.13. The molecule has 0 unspecified atom stereocenters. The highest BCUT2D eigenvalue weighted by molar-refractivity contribution is 5.73. The zero-order chi connectivity index (χ0) is 11.3. The first kappa shape index (κ1) is 11.7. The fourth-order valence-corrected chi connectivity index (χ4v) is 1.38. The van der Waals surface area contributed by atoms with Gasteiger partial charge in [-0.3, -0.25) is 4.79 Å². The van der Waals surface area contributed by atoms with Crippen LogP contribution in [0.1, 0.15) is 11.1 Å². The molecule has 0 spiro atoms. The molecule has 0 amide bonds. The summed E-state index contributed by atoms with van der Waals surface area (Å²) < 4.78 is 5.02. The van der Waals surface area contributed by atoms with Gasteiger partial charge in [0, 0.05) is 7.11 Å². The maximum Gasteiger partial charge on any atom is 0.320 e. The molecule has 0 aliphatic rings. The number of benzene rings is 1. The molecule has 0 aliphatic heterocycles. The zero-order valence-corrected chi connectivity index (χ0v) is 8.64. The quantitative estimate of drug-likeness (QED) is 0.752. The van der Waals surface area contributed by atoms with Gasteiger partial charge in [-0.05, 0) is 17.5 Å². The highest BCUT2D eigenvalue weighted by atomic mass is 16.5. The predicted octanol–water partition coefficient (Wildman–Crippen LogP) is 0.787. The Morgan fingerprint density at radius 1 is 1.47 bits per heavy atom. The summed E-state index contributed by atoms with van der Waals surface area (Å²) in [6.45, 7) is 0.475. The Labute approximate surface area is 88.7 Å². The van der Waals surface area contributed by atoms with Crippen molar-refractivity contribution < 1.29 is 14.6 Å². The lowest BCUT2D eigenvalue weighted by molar-refractivity contribution is -0.138. The Kier molecular flexibility index (Phi) is 4.27. The lowest BCUT2D eigenvalue weighted by Gasteiger charge is -2.11. The standard InChI is InChI=1S/C11H15NO3/c1-15-7-9-5-3-2-4-8(9)6-10(12)11(13)14/h2-5,10H,6-7,12H2,1H3,(H,13,14)/t10-/m1/s1. The number of hydrogen-bond donors (Lipinski definition) is 2. The number of aliphatic carboxylic acids is 1. The van der Waals surface area contributed by atoms with Crippen molar-refractivity contribution in [3.8, 4) is 0 Å². The van der Waals surface area contributed by atoms with Crippen molar-refractivity contribution in [2.24, 2.45) is 5.73 Å². The summed E-state index contributed by atoms with van der Waals surface area (Å²) >= 11 is 0. The number of hydrogen-bond acceptors (Lipinski definition) is 3. The Morgan fingerprint density at radius 3 is 2.60 bits per heavy atom. The van der Waals surface area contributed by atoms with Crippen LogP contribution in [-0.2, 0) is 22.6 Å². The van der Waals surface area contributed by atoms with Crippen molar-refractivity contribution in [3.05, 3.63) is 35.4 Å². The van der Waals surface area contributed by atoms with E-state index in [0.29, 0.717) is 13.0 Å². The first-order valence-corrected chi connectivity index (χ1v) is 4.69. The SMILES string of the molecule is COCc1ccccc1C[C@@H](N)C(=O)O. The maximum absolute atomic E-state index is 10.6. The van der Waals surface area contributed by atoms with Crippen LogP contribution in [-0.4, -0.2) is 24.2 Å². The van der Waals surface area contributed by atoms with Gasteiger partial charge < -0.3 is 15.6 Å². The molecule has 0 fully saturated rings. The van der Waals surface area contributed by atoms with Crippen LogP contribution in [0.3, 0.4) is 0 Å². The average molecular weight is 209 g/mol. The van der Waals surface area contributed by atoms with E-state index in [2.05, 4.69) is 0 Å². The minimum absolute atomic E-state index is 0.328. The second-order valence-electron chi connectivity index (χ2n) is 3.35. The van der Waals surface area contributed by atoms with Gasteiger partial charge in [0.1, 0.15) is 6.04 Å². The first-order chi connectivity index (χ1) is 7.15. The van der Waals surface area contributed by atoms with Crippen molar-refractivity contribution in [1.82, 2.24) is 0 Å². The summed E-state index contributed by atoms with van der Waals surface area (Å²) in [5, 5.41) is 8.71. The fourth-order valence-electron chi connectivity index (χ4n) is 1.38. The van der Waals surface area contributed by atoms with Gasteiger partial charge >= 0.3 is 5.97 Å².